The van der Waals surface area contributed by atoms with Gasteiger partial charge in [0.05, 0.1) is 14.2 Å². The molecule has 13 heavy (non-hydrogen) atoms. The number of rotatable bonds is 3. The first-order valence-corrected chi connectivity index (χ1v) is 3.94. The Labute approximate surface area is 77.5 Å². The summed E-state index contributed by atoms with van der Waals surface area (Å²) < 4.78 is 9.00. The van der Waals surface area contributed by atoms with E-state index in [1.54, 1.807) is 13.8 Å². The summed E-state index contributed by atoms with van der Waals surface area (Å²) in [6.07, 6.45) is 0.452. The Morgan fingerprint density at radius 3 is 1.85 bits per heavy atom. The average molecular weight is 186 g/mol. The molecule has 0 aliphatic heterocycles. The molecule has 0 aliphatic carbocycles. The molecule has 0 amide bonds. The number of methoxy groups -OCH3 is 2. The molecule has 0 unspecified atom stereocenters. The van der Waals surface area contributed by atoms with Crippen LogP contribution in [-0.4, -0.2) is 26.2 Å². The van der Waals surface area contributed by atoms with Crippen LogP contribution in [0.2, 0.25) is 0 Å². The van der Waals surface area contributed by atoms with E-state index in [0.29, 0.717) is 17.6 Å². The number of esters is 2. The molecule has 0 radical (unpaired) electrons. The molecule has 0 heterocycles. The van der Waals surface area contributed by atoms with Gasteiger partial charge in [0.15, 0.2) is 0 Å². The first-order valence-electron chi connectivity index (χ1n) is 3.94. The Morgan fingerprint density at radius 2 is 1.54 bits per heavy atom. The second-order valence-corrected chi connectivity index (χ2v) is 2.44. The van der Waals surface area contributed by atoms with Crippen LogP contribution in [0.1, 0.15) is 20.3 Å². The Bertz CT molecular complexity index is 240. The third-order valence-corrected chi connectivity index (χ3v) is 1.73. The lowest BCUT2D eigenvalue weighted by Gasteiger charge is -2.06. The maximum atomic E-state index is 11.1. The summed E-state index contributed by atoms with van der Waals surface area (Å²) in [7, 11) is 2.55. The van der Waals surface area contributed by atoms with Crippen LogP contribution >= 0.6 is 0 Å². The second-order valence-electron chi connectivity index (χ2n) is 2.44. The molecule has 0 aromatic carbocycles. The zero-order valence-corrected chi connectivity index (χ0v) is 8.34. The quantitative estimate of drug-likeness (QED) is 0.488. The summed E-state index contributed by atoms with van der Waals surface area (Å²) in [5, 5.41) is 0. The van der Waals surface area contributed by atoms with Gasteiger partial charge in [-0.3, -0.25) is 0 Å². The number of hydrogen-bond acceptors (Lipinski definition) is 4. The lowest BCUT2D eigenvalue weighted by Crippen LogP contribution is -2.12. The molecule has 0 spiro atoms. The SMILES string of the molecule is CC/C(C(=O)OC)=C(\C)C(=O)OC. The molecule has 74 valence electrons. The zero-order valence-electron chi connectivity index (χ0n) is 8.34. The van der Waals surface area contributed by atoms with Gasteiger partial charge in [0.2, 0.25) is 0 Å². The Morgan fingerprint density at radius 1 is 1.08 bits per heavy atom. The summed E-state index contributed by atoms with van der Waals surface area (Å²) in [6, 6.07) is 0. The third kappa shape index (κ3) is 2.89. The topological polar surface area (TPSA) is 52.6 Å². The van der Waals surface area contributed by atoms with Crippen molar-refractivity contribution in [2.75, 3.05) is 14.2 Å². The highest BCUT2D eigenvalue weighted by atomic mass is 16.5. The minimum absolute atomic E-state index is 0.303. The van der Waals surface area contributed by atoms with Crippen molar-refractivity contribution in [1.29, 1.82) is 0 Å². The van der Waals surface area contributed by atoms with Crippen molar-refractivity contribution in [3.05, 3.63) is 11.1 Å². The number of ether oxygens (including phenoxy) is 2. The molecule has 0 N–H and O–H groups in total. The molecule has 0 saturated carbocycles. The standard InChI is InChI=1S/C9H14O4/c1-5-7(9(11)13-4)6(2)8(10)12-3/h5H2,1-4H3/b7-6-. The van der Waals surface area contributed by atoms with E-state index in [1.165, 1.54) is 14.2 Å². The summed E-state index contributed by atoms with van der Waals surface area (Å²) in [5.74, 6) is -0.979. The highest BCUT2D eigenvalue weighted by molar-refractivity contribution is 5.99. The van der Waals surface area contributed by atoms with Crippen molar-refractivity contribution in [3.8, 4) is 0 Å². The fourth-order valence-electron chi connectivity index (χ4n) is 0.962. The summed E-state index contributed by atoms with van der Waals surface area (Å²) in [5.41, 5.74) is 0.659. The van der Waals surface area contributed by atoms with Crippen LogP contribution in [0.5, 0.6) is 0 Å². The first-order chi connectivity index (χ1) is 6.08. The van der Waals surface area contributed by atoms with Gasteiger partial charge in [-0.2, -0.15) is 0 Å². The zero-order chi connectivity index (χ0) is 10.4. The smallest absolute Gasteiger partial charge is 0.334 e. The Balaban J connectivity index is 4.89. The van der Waals surface area contributed by atoms with Gasteiger partial charge in [0.25, 0.3) is 0 Å². The molecule has 0 rings (SSSR count). The first kappa shape index (κ1) is 11.7. The van der Waals surface area contributed by atoms with Gasteiger partial charge in [-0.05, 0) is 13.3 Å². The van der Waals surface area contributed by atoms with Gasteiger partial charge in [-0.15, -0.1) is 0 Å². The lowest BCUT2D eigenvalue weighted by atomic mass is 10.1. The van der Waals surface area contributed by atoms with Crippen molar-refractivity contribution >= 4 is 11.9 Å². The lowest BCUT2D eigenvalue weighted by molar-refractivity contribution is -0.139. The van der Waals surface area contributed by atoms with Crippen LogP contribution in [0.4, 0.5) is 0 Å². The van der Waals surface area contributed by atoms with Crippen LogP contribution < -0.4 is 0 Å². The van der Waals surface area contributed by atoms with E-state index >= 15 is 0 Å². The van der Waals surface area contributed by atoms with Gasteiger partial charge < -0.3 is 9.47 Å². The van der Waals surface area contributed by atoms with Crippen LogP contribution in [0, 0.1) is 0 Å². The predicted molar refractivity (Wildman–Crippen MR) is 47.0 cm³/mol. The molecule has 4 nitrogen and oxygen atoms in total. The average Bonchev–Trinajstić information content (AvgIpc) is 2.17. The van der Waals surface area contributed by atoms with Crippen LogP contribution in [-0.2, 0) is 19.1 Å². The minimum atomic E-state index is -0.498. The van der Waals surface area contributed by atoms with Gasteiger partial charge in [-0.1, -0.05) is 6.92 Å². The van der Waals surface area contributed by atoms with Crippen LogP contribution in [0.3, 0.4) is 0 Å². The van der Waals surface area contributed by atoms with E-state index in [9.17, 15) is 9.59 Å². The number of carbonyl (C=O) groups is 2. The van der Waals surface area contributed by atoms with E-state index in [4.69, 9.17) is 0 Å². The van der Waals surface area contributed by atoms with Gasteiger partial charge in [-0.25, -0.2) is 9.59 Å². The molecule has 0 aromatic heterocycles. The minimum Gasteiger partial charge on any atom is -0.466 e. The Kier molecular flexibility index (Phi) is 4.80. The molecule has 0 saturated heterocycles. The number of carbonyl (C=O) groups excluding carboxylic acids is 2. The van der Waals surface area contributed by atoms with E-state index in [1.807, 2.05) is 0 Å². The highest BCUT2D eigenvalue weighted by Crippen LogP contribution is 2.11. The highest BCUT2D eigenvalue weighted by Gasteiger charge is 2.16. The molecule has 0 aliphatic rings. The molecular formula is C9H14O4. The van der Waals surface area contributed by atoms with Crippen LogP contribution in [0.25, 0.3) is 0 Å². The van der Waals surface area contributed by atoms with Crippen molar-refractivity contribution in [1.82, 2.24) is 0 Å². The van der Waals surface area contributed by atoms with E-state index in [0.717, 1.165) is 0 Å². The summed E-state index contributed by atoms with van der Waals surface area (Å²) in [6.45, 7) is 3.32. The summed E-state index contributed by atoms with van der Waals surface area (Å²) >= 11 is 0. The normalized spacial score (nSPS) is 11.7. The van der Waals surface area contributed by atoms with Gasteiger partial charge >= 0.3 is 11.9 Å². The van der Waals surface area contributed by atoms with Crippen molar-refractivity contribution in [3.63, 3.8) is 0 Å². The van der Waals surface area contributed by atoms with E-state index in [-0.39, 0.29) is 0 Å². The second kappa shape index (κ2) is 5.35. The van der Waals surface area contributed by atoms with Crippen molar-refractivity contribution in [2.24, 2.45) is 0 Å². The fraction of sp³-hybridized carbons (Fsp3) is 0.556. The molecule has 0 atom stereocenters. The molecule has 0 fully saturated rings. The predicted octanol–water partition coefficient (Wildman–Crippen LogP) is 1.06. The Hall–Kier alpha value is -1.32. The number of hydrogen-bond donors (Lipinski definition) is 0. The molecular weight excluding hydrogens is 172 g/mol. The van der Waals surface area contributed by atoms with Gasteiger partial charge in [0.1, 0.15) is 0 Å². The van der Waals surface area contributed by atoms with E-state index < -0.39 is 11.9 Å². The van der Waals surface area contributed by atoms with E-state index in [2.05, 4.69) is 9.47 Å². The van der Waals surface area contributed by atoms with Crippen molar-refractivity contribution in [2.45, 2.75) is 20.3 Å². The van der Waals surface area contributed by atoms with Crippen LogP contribution in [0.15, 0.2) is 11.1 Å². The van der Waals surface area contributed by atoms with Gasteiger partial charge in [0, 0.05) is 11.1 Å². The molecule has 4 heteroatoms. The maximum absolute atomic E-state index is 11.1. The third-order valence-electron chi connectivity index (χ3n) is 1.73. The summed E-state index contributed by atoms with van der Waals surface area (Å²) in [4.78, 5) is 22.2. The fourth-order valence-corrected chi connectivity index (χ4v) is 0.962. The molecule has 0 aromatic rings. The largest absolute Gasteiger partial charge is 0.466 e. The maximum Gasteiger partial charge on any atom is 0.334 e. The molecule has 0 bridgehead atoms. The monoisotopic (exact) mass is 186 g/mol. The van der Waals surface area contributed by atoms with Crippen molar-refractivity contribution < 1.29 is 19.1 Å².